The van der Waals surface area contributed by atoms with Crippen LogP contribution >= 0.6 is 11.3 Å². The molecule has 4 rings (SSSR count). The maximum absolute atomic E-state index is 6.05. The third kappa shape index (κ3) is 3.86. The van der Waals surface area contributed by atoms with Crippen molar-refractivity contribution in [1.82, 2.24) is 9.97 Å². The van der Waals surface area contributed by atoms with Crippen LogP contribution in [0.1, 0.15) is 29.2 Å². The van der Waals surface area contributed by atoms with Gasteiger partial charge in [-0.1, -0.05) is 6.07 Å². The summed E-state index contributed by atoms with van der Waals surface area (Å²) in [4.78, 5) is 11.6. The Hall–Kier alpha value is -1.50. The van der Waals surface area contributed by atoms with Gasteiger partial charge >= 0.3 is 0 Å². The van der Waals surface area contributed by atoms with Gasteiger partial charge in [0, 0.05) is 17.6 Å². The summed E-state index contributed by atoms with van der Waals surface area (Å²) in [6.07, 6.45) is 2.48. The lowest BCUT2D eigenvalue weighted by atomic mass is 10.1. The number of rotatable bonds is 5. The van der Waals surface area contributed by atoms with Crippen LogP contribution in [0.2, 0.25) is 0 Å². The zero-order chi connectivity index (χ0) is 17.2. The Kier molecular flexibility index (Phi) is 5.01. The van der Waals surface area contributed by atoms with Gasteiger partial charge in [-0.25, -0.2) is 9.97 Å². The Morgan fingerprint density at radius 1 is 1.28 bits per heavy atom. The molecule has 0 radical (unpaired) electrons. The summed E-state index contributed by atoms with van der Waals surface area (Å²) in [5, 5.41) is 3.18. The highest BCUT2D eigenvalue weighted by Crippen LogP contribution is 2.36. The number of nitrogens with zero attached hydrogens (tertiary/aromatic N) is 3. The van der Waals surface area contributed by atoms with Crippen molar-refractivity contribution in [3.63, 3.8) is 0 Å². The quantitative estimate of drug-likeness (QED) is 0.819. The normalized spacial score (nSPS) is 26.0. The zero-order valence-corrected chi connectivity index (χ0v) is 15.7. The molecule has 0 aromatic carbocycles. The second-order valence-electron chi connectivity index (χ2n) is 7.02. The highest BCUT2D eigenvalue weighted by atomic mass is 32.1. The summed E-state index contributed by atoms with van der Waals surface area (Å²) in [5.41, 5.74) is 2.11. The van der Waals surface area contributed by atoms with E-state index in [0.717, 1.165) is 54.8 Å². The van der Waals surface area contributed by atoms with Gasteiger partial charge in [0.05, 0.1) is 42.7 Å². The fourth-order valence-electron chi connectivity index (χ4n) is 3.96. The fourth-order valence-corrected chi connectivity index (χ4v) is 4.56. The Balaban J connectivity index is 1.35. The van der Waals surface area contributed by atoms with E-state index < -0.39 is 0 Å². The van der Waals surface area contributed by atoms with Crippen LogP contribution in [-0.4, -0.2) is 41.9 Å². The van der Waals surface area contributed by atoms with Gasteiger partial charge in [-0.15, -0.1) is 11.3 Å². The molecule has 6 heteroatoms. The Labute approximate surface area is 153 Å². The van der Waals surface area contributed by atoms with Crippen LogP contribution in [-0.2, 0) is 16.1 Å². The Morgan fingerprint density at radius 3 is 3.00 bits per heavy atom. The third-order valence-electron chi connectivity index (χ3n) is 5.07. The van der Waals surface area contributed by atoms with Gasteiger partial charge in [-0.2, -0.15) is 0 Å². The topological polar surface area (TPSA) is 47.5 Å². The third-order valence-corrected chi connectivity index (χ3v) is 5.89. The summed E-state index contributed by atoms with van der Waals surface area (Å²) >= 11 is 1.68. The van der Waals surface area contributed by atoms with E-state index in [1.807, 2.05) is 19.9 Å². The summed E-state index contributed by atoms with van der Waals surface area (Å²) < 4.78 is 12.0. The van der Waals surface area contributed by atoms with E-state index in [0.29, 0.717) is 24.7 Å². The van der Waals surface area contributed by atoms with E-state index >= 15 is 0 Å². The summed E-state index contributed by atoms with van der Waals surface area (Å²) in [6.45, 7) is 7.17. The lowest BCUT2D eigenvalue weighted by molar-refractivity contribution is 0.0202. The number of aryl methyl sites for hydroxylation is 2. The van der Waals surface area contributed by atoms with Gasteiger partial charge in [-0.3, -0.25) is 0 Å². The highest BCUT2D eigenvalue weighted by molar-refractivity contribution is 7.09. The summed E-state index contributed by atoms with van der Waals surface area (Å²) in [6, 6.07) is 6.67. The maximum Gasteiger partial charge on any atom is 0.129 e. The highest BCUT2D eigenvalue weighted by Gasteiger charge is 2.41. The number of morpholine rings is 1. The molecular formula is C19H25N3O2S. The van der Waals surface area contributed by atoms with Crippen LogP contribution in [0.4, 0.5) is 5.82 Å². The van der Waals surface area contributed by atoms with Crippen molar-refractivity contribution in [3.8, 4) is 0 Å². The molecule has 2 aromatic heterocycles. The lowest BCUT2D eigenvalue weighted by Crippen LogP contribution is -2.49. The first kappa shape index (κ1) is 16.9. The van der Waals surface area contributed by atoms with Crippen molar-refractivity contribution >= 4 is 17.2 Å². The second-order valence-corrected chi connectivity index (χ2v) is 8.08. The Bertz CT molecular complexity index is 720. The van der Waals surface area contributed by atoms with Gasteiger partial charge in [0.1, 0.15) is 5.82 Å². The molecule has 134 valence electrons. The predicted molar refractivity (Wildman–Crippen MR) is 99.1 cm³/mol. The van der Waals surface area contributed by atoms with E-state index in [9.17, 15) is 0 Å². The SMILES string of the molecule is Cc1cccc(N2CCO[C@@H]3C[C@@H](COCc4csc(C)n4)C[C@@H]32)n1. The number of hydrogen-bond donors (Lipinski definition) is 0. The maximum atomic E-state index is 6.05. The molecule has 25 heavy (non-hydrogen) atoms. The predicted octanol–water partition coefficient (Wildman–Crippen LogP) is 3.36. The number of thiazole rings is 1. The van der Waals surface area contributed by atoms with E-state index in [4.69, 9.17) is 14.5 Å². The van der Waals surface area contributed by atoms with Gasteiger partial charge in [0.15, 0.2) is 0 Å². The molecule has 5 nitrogen and oxygen atoms in total. The molecule has 1 saturated carbocycles. The van der Waals surface area contributed by atoms with Crippen molar-refractivity contribution in [2.24, 2.45) is 5.92 Å². The molecule has 2 aromatic rings. The number of hydrogen-bond acceptors (Lipinski definition) is 6. The van der Waals surface area contributed by atoms with Crippen molar-refractivity contribution in [2.75, 3.05) is 24.7 Å². The van der Waals surface area contributed by atoms with E-state index in [1.54, 1.807) is 11.3 Å². The van der Waals surface area contributed by atoms with Gasteiger partial charge in [0.2, 0.25) is 0 Å². The molecule has 0 amide bonds. The monoisotopic (exact) mass is 359 g/mol. The van der Waals surface area contributed by atoms with Crippen LogP contribution in [0.5, 0.6) is 0 Å². The first-order chi connectivity index (χ1) is 12.2. The van der Waals surface area contributed by atoms with E-state index in [-0.39, 0.29) is 0 Å². The number of anilines is 1. The lowest BCUT2D eigenvalue weighted by Gasteiger charge is -2.38. The molecule has 3 heterocycles. The molecule has 0 bridgehead atoms. The summed E-state index contributed by atoms with van der Waals surface area (Å²) in [5.74, 6) is 1.62. The minimum absolute atomic E-state index is 0.297. The number of fused-ring (bicyclic) bond motifs is 1. The van der Waals surface area contributed by atoms with Crippen LogP contribution in [0, 0.1) is 19.8 Å². The average molecular weight is 359 g/mol. The standard InChI is InChI=1S/C19H25N3O2S/c1-13-4-3-5-19(20-13)22-6-7-24-18-9-15(8-17(18)22)10-23-11-16-12-25-14(2)21-16/h3-5,12,15,17-18H,6-11H2,1-2H3/t15-,17-,18+/m0/s1. The summed E-state index contributed by atoms with van der Waals surface area (Å²) in [7, 11) is 0. The largest absolute Gasteiger partial charge is 0.375 e. The number of ether oxygens (including phenoxy) is 2. The van der Waals surface area contributed by atoms with E-state index in [2.05, 4.69) is 27.4 Å². The fraction of sp³-hybridized carbons (Fsp3) is 0.579. The van der Waals surface area contributed by atoms with E-state index in [1.165, 1.54) is 0 Å². The minimum atomic E-state index is 0.297. The average Bonchev–Trinajstić information content (AvgIpc) is 3.20. The molecule has 0 N–H and O–H groups in total. The molecular weight excluding hydrogens is 334 g/mol. The van der Waals surface area contributed by atoms with Gasteiger partial charge in [0.25, 0.3) is 0 Å². The number of pyridine rings is 1. The first-order valence-electron chi connectivity index (χ1n) is 8.99. The van der Waals surface area contributed by atoms with Crippen molar-refractivity contribution in [1.29, 1.82) is 0 Å². The van der Waals surface area contributed by atoms with Gasteiger partial charge < -0.3 is 14.4 Å². The number of aromatic nitrogens is 2. The van der Waals surface area contributed by atoms with Crippen LogP contribution < -0.4 is 4.90 Å². The zero-order valence-electron chi connectivity index (χ0n) is 14.9. The second kappa shape index (κ2) is 7.40. The van der Waals surface area contributed by atoms with Crippen LogP contribution in [0.15, 0.2) is 23.6 Å². The molecule has 3 atom stereocenters. The molecule has 2 aliphatic rings. The molecule has 1 aliphatic carbocycles. The van der Waals surface area contributed by atoms with Crippen molar-refractivity contribution in [2.45, 2.75) is 45.4 Å². The molecule has 1 saturated heterocycles. The molecule has 1 aliphatic heterocycles. The van der Waals surface area contributed by atoms with Crippen LogP contribution in [0.3, 0.4) is 0 Å². The molecule has 2 fully saturated rings. The Morgan fingerprint density at radius 2 is 2.20 bits per heavy atom. The van der Waals surface area contributed by atoms with Crippen molar-refractivity contribution in [3.05, 3.63) is 40.0 Å². The molecule has 0 unspecified atom stereocenters. The minimum Gasteiger partial charge on any atom is -0.375 e. The first-order valence-corrected chi connectivity index (χ1v) is 9.87. The smallest absolute Gasteiger partial charge is 0.129 e. The molecule has 0 spiro atoms. The van der Waals surface area contributed by atoms with Crippen molar-refractivity contribution < 1.29 is 9.47 Å². The van der Waals surface area contributed by atoms with Crippen LogP contribution in [0.25, 0.3) is 0 Å². The van der Waals surface area contributed by atoms with Gasteiger partial charge in [-0.05, 0) is 44.7 Å².